The van der Waals surface area contributed by atoms with Gasteiger partial charge in [0.15, 0.2) is 5.66 Å². The molecule has 1 aliphatic rings. The van der Waals surface area contributed by atoms with E-state index in [1.54, 1.807) is 0 Å². The Morgan fingerprint density at radius 2 is 1.76 bits per heavy atom. The summed E-state index contributed by atoms with van der Waals surface area (Å²) in [5, 5.41) is 15.3. The summed E-state index contributed by atoms with van der Waals surface area (Å²) in [6.45, 7) is 0.368. The molecule has 0 bridgehead atoms. The lowest BCUT2D eigenvalue weighted by atomic mass is 9.86. The van der Waals surface area contributed by atoms with Gasteiger partial charge in [-0.3, -0.25) is 5.32 Å². The molecule has 2 atom stereocenters. The van der Waals surface area contributed by atoms with Crippen LogP contribution in [-0.4, -0.2) is 31.7 Å². The maximum Gasteiger partial charge on any atom is 0.340 e. The van der Waals surface area contributed by atoms with Crippen molar-refractivity contribution in [1.82, 2.24) is 10.0 Å². The Balaban J connectivity index is 1.76. The minimum Gasteiger partial charge on any atom is -0.479 e. The molecule has 3 N–H and O–H groups in total. The number of carboxylic acids is 1. The normalized spacial score (nSPS) is 22.0. The van der Waals surface area contributed by atoms with Crippen LogP contribution < -0.4 is 10.0 Å². The highest BCUT2D eigenvalue weighted by molar-refractivity contribution is 7.89. The predicted molar refractivity (Wildman–Crippen MR) is 111 cm³/mol. The first kappa shape index (κ1) is 19.8. The molecule has 0 aliphatic carbocycles. The van der Waals surface area contributed by atoms with Crippen LogP contribution >= 0.6 is 11.6 Å². The Labute approximate surface area is 173 Å². The molecular weight excluding hydrogens is 412 g/mol. The molecule has 3 aromatic carbocycles. The smallest absolute Gasteiger partial charge is 0.340 e. The highest BCUT2D eigenvalue weighted by atomic mass is 35.5. The number of fused-ring (bicyclic) bond motifs is 1. The van der Waals surface area contributed by atoms with Gasteiger partial charge in [-0.2, -0.15) is 4.72 Å². The van der Waals surface area contributed by atoms with Gasteiger partial charge in [-0.05, 0) is 53.6 Å². The van der Waals surface area contributed by atoms with Crippen LogP contribution in [-0.2, 0) is 14.8 Å². The van der Waals surface area contributed by atoms with Gasteiger partial charge in [-0.1, -0.05) is 54.1 Å². The standard InChI is InChI=1S/C21H19ClN2O4S/c22-17-7-9-18(10-8-17)29(27,28)24-21(20(25)26)19(11-12-23-21)16-6-5-14-3-1-2-4-15(14)13-16/h1-10,13,19,23-24H,11-12H2,(H,25,26)/t19?,21-/m1/s1. The number of aliphatic carboxylic acids is 1. The minimum absolute atomic E-state index is 0.0477. The molecule has 0 radical (unpaired) electrons. The molecule has 4 rings (SSSR count). The lowest BCUT2D eigenvalue weighted by molar-refractivity contribution is -0.145. The molecule has 1 unspecified atom stereocenters. The van der Waals surface area contributed by atoms with E-state index in [0.29, 0.717) is 18.0 Å². The molecule has 150 valence electrons. The zero-order chi connectivity index (χ0) is 20.6. The molecule has 1 fully saturated rings. The van der Waals surface area contributed by atoms with Gasteiger partial charge in [0.25, 0.3) is 0 Å². The van der Waals surface area contributed by atoms with Gasteiger partial charge in [-0.15, -0.1) is 0 Å². The fourth-order valence-corrected chi connectivity index (χ4v) is 5.32. The molecule has 29 heavy (non-hydrogen) atoms. The van der Waals surface area contributed by atoms with Gasteiger partial charge in [0.1, 0.15) is 0 Å². The Morgan fingerprint density at radius 3 is 2.45 bits per heavy atom. The minimum atomic E-state index is -4.10. The van der Waals surface area contributed by atoms with Crippen molar-refractivity contribution in [2.45, 2.75) is 22.9 Å². The molecule has 3 aromatic rings. The van der Waals surface area contributed by atoms with Crippen LogP contribution in [0.4, 0.5) is 0 Å². The van der Waals surface area contributed by atoms with Crippen LogP contribution in [0.15, 0.2) is 71.6 Å². The van der Waals surface area contributed by atoms with Gasteiger partial charge >= 0.3 is 5.97 Å². The second kappa shape index (κ2) is 7.42. The van der Waals surface area contributed by atoms with E-state index in [1.165, 1.54) is 24.3 Å². The Morgan fingerprint density at radius 1 is 1.07 bits per heavy atom. The summed E-state index contributed by atoms with van der Waals surface area (Å²) in [4.78, 5) is 12.3. The first-order chi connectivity index (χ1) is 13.8. The molecule has 1 heterocycles. The molecule has 8 heteroatoms. The molecule has 0 aromatic heterocycles. The first-order valence-corrected chi connectivity index (χ1v) is 10.9. The average molecular weight is 431 g/mol. The van der Waals surface area contributed by atoms with Crippen molar-refractivity contribution in [2.24, 2.45) is 0 Å². The van der Waals surface area contributed by atoms with Crippen LogP contribution in [0.3, 0.4) is 0 Å². The van der Waals surface area contributed by atoms with E-state index in [0.717, 1.165) is 16.3 Å². The summed E-state index contributed by atoms with van der Waals surface area (Å²) in [5.74, 6) is -1.85. The predicted octanol–water partition coefficient (Wildman–Crippen LogP) is 3.33. The van der Waals surface area contributed by atoms with Crippen LogP contribution in [0.2, 0.25) is 5.02 Å². The van der Waals surface area contributed by atoms with Crippen LogP contribution in [0.25, 0.3) is 10.8 Å². The number of carbonyl (C=O) groups is 1. The third-order valence-electron chi connectivity index (χ3n) is 5.29. The summed E-state index contributed by atoms with van der Waals surface area (Å²) in [5.41, 5.74) is -1.09. The van der Waals surface area contributed by atoms with Gasteiger partial charge in [0, 0.05) is 10.9 Å². The Bertz CT molecular complexity index is 1180. The van der Waals surface area contributed by atoms with Gasteiger partial charge in [-0.25, -0.2) is 13.2 Å². The maximum absolute atomic E-state index is 12.9. The molecule has 0 spiro atoms. The van der Waals surface area contributed by atoms with Crippen molar-refractivity contribution >= 4 is 38.4 Å². The van der Waals surface area contributed by atoms with Crippen molar-refractivity contribution in [1.29, 1.82) is 0 Å². The topological polar surface area (TPSA) is 95.5 Å². The number of nitrogens with one attached hydrogen (secondary N) is 2. The summed E-state index contributed by atoms with van der Waals surface area (Å²) < 4.78 is 28.3. The number of hydrogen-bond acceptors (Lipinski definition) is 4. The lowest BCUT2D eigenvalue weighted by Crippen LogP contribution is -2.63. The SMILES string of the molecule is O=C(O)[C@@]1(NS(=O)(=O)c2ccc(Cl)cc2)NCCC1c1ccc2ccccc2c1. The zero-order valence-corrected chi connectivity index (χ0v) is 16.9. The fourth-order valence-electron chi connectivity index (χ4n) is 3.85. The quantitative estimate of drug-likeness (QED) is 0.577. The van der Waals surface area contributed by atoms with Crippen LogP contribution in [0.5, 0.6) is 0 Å². The van der Waals surface area contributed by atoms with Crippen molar-refractivity contribution < 1.29 is 18.3 Å². The van der Waals surface area contributed by atoms with Gasteiger partial charge < -0.3 is 5.11 Å². The van der Waals surface area contributed by atoms with E-state index in [2.05, 4.69) is 10.0 Å². The van der Waals surface area contributed by atoms with Crippen molar-refractivity contribution in [3.05, 3.63) is 77.3 Å². The van der Waals surface area contributed by atoms with Gasteiger partial charge in [0.05, 0.1) is 4.90 Å². The molecule has 1 saturated heterocycles. The zero-order valence-electron chi connectivity index (χ0n) is 15.3. The van der Waals surface area contributed by atoms with Crippen molar-refractivity contribution in [3.63, 3.8) is 0 Å². The first-order valence-electron chi connectivity index (χ1n) is 9.08. The molecule has 6 nitrogen and oxygen atoms in total. The summed E-state index contributed by atoms with van der Waals surface area (Å²) >= 11 is 5.84. The lowest BCUT2D eigenvalue weighted by Gasteiger charge is -2.32. The fraction of sp³-hybridized carbons (Fsp3) is 0.190. The van der Waals surface area contributed by atoms with Crippen LogP contribution in [0, 0.1) is 0 Å². The number of hydrogen-bond donors (Lipinski definition) is 3. The third-order valence-corrected chi connectivity index (χ3v) is 7.03. The third kappa shape index (κ3) is 3.62. The number of carboxylic acid groups (broad SMARTS) is 1. The highest BCUT2D eigenvalue weighted by Gasteiger charge is 2.52. The number of sulfonamides is 1. The average Bonchev–Trinajstić information content (AvgIpc) is 3.12. The second-order valence-corrected chi connectivity index (χ2v) is 9.17. The van der Waals surface area contributed by atoms with Crippen LogP contribution in [0.1, 0.15) is 17.9 Å². The van der Waals surface area contributed by atoms with E-state index in [9.17, 15) is 18.3 Å². The highest BCUT2D eigenvalue weighted by Crippen LogP contribution is 2.37. The summed E-state index contributed by atoms with van der Waals surface area (Å²) in [6, 6.07) is 19.0. The molecule has 1 aliphatic heterocycles. The maximum atomic E-state index is 12.9. The monoisotopic (exact) mass is 430 g/mol. The van der Waals surface area contributed by atoms with E-state index >= 15 is 0 Å². The molecule has 0 amide bonds. The second-order valence-electron chi connectivity index (χ2n) is 7.05. The molecular formula is C21H19ClN2O4S. The van der Waals surface area contributed by atoms with E-state index in [-0.39, 0.29) is 4.90 Å². The van der Waals surface area contributed by atoms with E-state index in [4.69, 9.17) is 11.6 Å². The Hall–Kier alpha value is -2.45. The number of halogens is 1. The Kier molecular flexibility index (Phi) is 5.08. The van der Waals surface area contributed by atoms with Gasteiger partial charge in [0.2, 0.25) is 10.0 Å². The molecule has 0 saturated carbocycles. The summed E-state index contributed by atoms with van der Waals surface area (Å²) in [7, 11) is -4.10. The van der Waals surface area contributed by atoms with Crippen molar-refractivity contribution in [2.75, 3.05) is 6.54 Å². The van der Waals surface area contributed by atoms with E-state index in [1.807, 2.05) is 42.5 Å². The largest absolute Gasteiger partial charge is 0.479 e. The summed E-state index contributed by atoms with van der Waals surface area (Å²) in [6.07, 6.45) is 0.480. The van der Waals surface area contributed by atoms with Crippen molar-refractivity contribution in [3.8, 4) is 0 Å². The van der Waals surface area contributed by atoms with E-state index < -0.39 is 27.6 Å². The number of benzene rings is 3. The number of rotatable bonds is 5.